The molecule has 2 aromatic rings. The Kier molecular flexibility index (Phi) is 6.05. The molecule has 8 heteroatoms. The Bertz CT molecular complexity index is 836. The summed E-state index contributed by atoms with van der Waals surface area (Å²) >= 11 is 1.56. The Labute approximate surface area is 156 Å². The largest absolute Gasteiger partial charge is 0.351 e. The number of hydrogen-bond donors (Lipinski definition) is 1. The molecule has 5 nitrogen and oxygen atoms in total. The summed E-state index contributed by atoms with van der Waals surface area (Å²) in [5.74, 6) is -0.642. The minimum absolute atomic E-state index is 0.0600. The van der Waals surface area contributed by atoms with Crippen LogP contribution in [0.4, 0.5) is 4.39 Å². The number of sulfonamides is 1. The van der Waals surface area contributed by atoms with Crippen LogP contribution in [0.3, 0.4) is 0 Å². The number of halogens is 1. The standard InChI is InChI=1S/C18H21FN2O3S2/c19-14-6-8-17(9-7-14)26(23,24)21-10-2-1-4-15(21)12-18(22)20-13-16-5-3-11-25-16/h3,5-9,11,15H,1-2,4,10,12-13H2,(H,20,22)/t15-/m1/s1. The highest BCUT2D eigenvalue weighted by Gasteiger charge is 2.34. The maximum absolute atomic E-state index is 13.1. The number of carbonyl (C=O) groups excluding carboxylic acids is 1. The lowest BCUT2D eigenvalue weighted by atomic mass is 10.0. The van der Waals surface area contributed by atoms with Gasteiger partial charge in [0.05, 0.1) is 11.4 Å². The molecule has 2 heterocycles. The molecule has 1 amide bonds. The molecule has 0 unspecified atom stereocenters. The van der Waals surface area contributed by atoms with Gasteiger partial charge in [-0.2, -0.15) is 4.31 Å². The van der Waals surface area contributed by atoms with Gasteiger partial charge < -0.3 is 5.32 Å². The zero-order valence-electron chi connectivity index (χ0n) is 14.2. The quantitative estimate of drug-likeness (QED) is 0.816. The fraction of sp³-hybridized carbons (Fsp3) is 0.389. The third-order valence-corrected chi connectivity index (χ3v) is 7.30. The average Bonchev–Trinajstić information content (AvgIpc) is 3.14. The van der Waals surface area contributed by atoms with E-state index in [9.17, 15) is 17.6 Å². The number of thiophene rings is 1. The molecule has 1 atom stereocenters. The van der Waals surface area contributed by atoms with Gasteiger partial charge in [-0.05, 0) is 48.6 Å². The van der Waals surface area contributed by atoms with Gasteiger partial charge in [0.1, 0.15) is 5.82 Å². The smallest absolute Gasteiger partial charge is 0.243 e. The van der Waals surface area contributed by atoms with Crippen LogP contribution in [0.1, 0.15) is 30.6 Å². The van der Waals surface area contributed by atoms with Crippen molar-refractivity contribution < 1.29 is 17.6 Å². The van der Waals surface area contributed by atoms with Crippen molar-refractivity contribution in [1.82, 2.24) is 9.62 Å². The van der Waals surface area contributed by atoms with E-state index in [0.717, 1.165) is 29.9 Å². The minimum Gasteiger partial charge on any atom is -0.351 e. The van der Waals surface area contributed by atoms with Gasteiger partial charge in [-0.3, -0.25) is 4.79 Å². The van der Waals surface area contributed by atoms with Crippen LogP contribution in [0.2, 0.25) is 0 Å². The summed E-state index contributed by atoms with van der Waals surface area (Å²) in [6.07, 6.45) is 2.42. The molecule has 1 aromatic heterocycles. The lowest BCUT2D eigenvalue weighted by Gasteiger charge is -2.34. The van der Waals surface area contributed by atoms with Gasteiger partial charge in [0.25, 0.3) is 0 Å². The molecule has 26 heavy (non-hydrogen) atoms. The third-order valence-electron chi connectivity index (χ3n) is 4.45. The number of nitrogens with one attached hydrogen (secondary N) is 1. The van der Waals surface area contributed by atoms with Crippen molar-refractivity contribution in [3.05, 3.63) is 52.5 Å². The van der Waals surface area contributed by atoms with Crippen molar-refractivity contribution in [2.24, 2.45) is 0 Å². The SMILES string of the molecule is O=C(C[C@H]1CCCCN1S(=O)(=O)c1ccc(F)cc1)NCc1cccs1. The van der Waals surface area contributed by atoms with Crippen LogP contribution >= 0.6 is 11.3 Å². The van der Waals surface area contributed by atoms with E-state index < -0.39 is 15.8 Å². The Morgan fingerprint density at radius 1 is 1.23 bits per heavy atom. The van der Waals surface area contributed by atoms with E-state index in [1.54, 1.807) is 11.3 Å². The van der Waals surface area contributed by atoms with Crippen LogP contribution in [0, 0.1) is 5.82 Å². The third kappa shape index (κ3) is 4.49. The van der Waals surface area contributed by atoms with Gasteiger partial charge >= 0.3 is 0 Å². The summed E-state index contributed by atoms with van der Waals surface area (Å²) in [5.41, 5.74) is 0. The van der Waals surface area contributed by atoms with E-state index in [0.29, 0.717) is 19.5 Å². The van der Waals surface area contributed by atoms with Crippen molar-refractivity contribution in [1.29, 1.82) is 0 Å². The predicted molar refractivity (Wildman–Crippen MR) is 98.7 cm³/mol. The van der Waals surface area contributed by atoms with Crippen LogP contribution in [-0.2, 0) is 21.4 Å². The van der Waals surface area contributed by atoms with Crippen molar-refractivity contribution in [2.45, 2.75) is 43.2 Å². The van der Waals surface area contributed by atoms with Gasteiger partial charge in [-0.15, -0.1) is 11.3 Å². The molecule has 0 saturated carbocycles. The van der Waals surface area contributed by atoms with Crippen molar-refractivity contribution in [3.8, 4) is 0 Å². The van der Waals surface area contributed by atoms with Gasteiger partial charge in [0.2, 0.25) is 15.9 Å². The summed E-state index contributed by atoms with van der Waals surface area (Å²) < 4.78 is 40.3. The number of benzene rings is 1. The Morgan fingerprint density at radius 2 is 2.00 bits per heavy atom. The van der Waals surface area contributed by atoms with E-state index in [2.05, 4.69) is 5.32 Å². The topological polar surface area (TPSA) is 66.5 Å². The van der Waals surface area contributed by atoms with E-state index in [-0.39, 0.29) is 23.3 Å². The summed E-state index contributed by atoms with van der Waals surface area (Å²) in [7, 11) is -3.74. The summed E-state index contributed by atoms with van der Waals surface area (Å²) in [6.45, 7) is 0.830. The number of nitrogens with zero attached hydrogens (tertiary/aromatic N) is 1. The van der Waals surface area contributed by atoms with Crippen molar-refractivity contribution >= 4 is 27.3 Å². The van der Waals surface area contributed by atoms with Crippen molar-refractivity contribution in [3.63, 3.8) is 0 Å². The number of hydrogen-bond acceptors (Lipinski definition) is 4. The molecule has 1 aromatic carbocycles. The molecule has 0 radical (unpaired) electrons. The van der Waals surface area contributed by atoms with Gasteiger partial charge in [-0.1, -0.05) is 12.5 Å². The molecule has 0 aliphatic carbocycles. The van der Waals surface area contributed by atoms with Gasteiger partial charge in [0.15, 0.2) is 0 Å². The summed E-state index contributed by atoms with van der Waals surface area (Å²) in [6, 6.07) is 8.31. The maximum atomic E-state index is 13.1. The Morgan fingerprint density at radius 3 is 2.69 bits per heavy atom. The predicted octanol–water partition coefficient (Wildman–Crippen LogP) is 3.14. The highest BCUT2D eigenvalue weighted by Crippen LogP contribution is 2.27. The molecule has 0 spiro atoms. The molecule has 1 aliphatic heterocycles. The Balaban J connectivity index is 1.68. The number of piperidine rings is 1. The fourth-order valence-corrected chi connectivity index (χ4v) is 5.46. The molecule has 1 fully saturated rings. The molecule has 140 valence electrons. The van der Waals surface area contributed by atoms with E-state index in [1.807, 2.05) is 17.5 Å². The van der Waals surface area contributed by atoms with E-state index in [4.69, 9.17) is 0 Å². The molecule has 1 N–H and O–H groups in total. The second-order valence-electron chi connectivity index (χ2n) is 6.28. The lowest BCUT2D eigenvalue weighted by molar-refractivity contribution is -0.122. The average molecular weight is 397 g/mol. The van der Waals surface area contributed by atoms with E-state index in [1.165, 1.54) is 16.4 Å². The summed E-state index contributed by atoms with van der Waals surface area (Å²) in [4.78, 5) is 13.4. The number of amides is 1. The van der Waals surface area contributed by atoms with Crippen LogP contribution in [0.5, 0.6) is 0 Å². The molecule has 3 rings (SSSR count). The van der Waals surface area contributed by atoms with Gasteiger partial charge in [-0.25, -0.2) is 12.8 Å². The van der Waals surface area contributed by atoms with Crippen LogP contribution in [0.25, 0.3) is 0 Å². The highest BCUT2D eigenvalue weighted by atomic mass is 32.2. The molecular formula is C18H21FN2O3S2. The van der Waals surface area contributed by atoms with Crippen molar-refractivity contribution in [2.75, 3.05) is 6.54 Å². The zero-order chi connectivity index (χ0) is 18.6. The second kappa shape index (κ2) is 8.28. The molecule has 0 bridgehead atoms. The van der Waals surface area contributed by atoms with Gasteiger partial charge in [0, 0.05) is 23.9 Å². The maximum Gasteiger partial charge on any atom is 0.243 e. The monoisotopic (exact) mass is 396 g/mol. The van der Waals surface area contributed by atoms with Crippen LogP contribution < -0.4 is 5.32 Å². The fourth-order valence-electron chi connectivity index (χ4n) is 3.12. The summed E-state index contributed by atoms with van der Waals surface area (Å²) in [5, 5.41) is 4.80. The first kappa shape index (κ1) is 19.0. The zero-order valence-corrected chi connectivity index (χ0v) is 15.9. The molecule has 1 aliphatic rings. The lowest BCUT2D eigenvalue weighted by Crippen LogP contribution is -2.45. The minimum atomic E-state index is -3.74. The first-order valence-electron chi connectivity index (χ1n) is 8.53. The normalized spacial score (nSPS) is 18.6. The number of rotatable bonds is 6. The first-order chi connectivity index (χ1) is 12.5. The molecule has 1 saturated heterocycles. The second-order valence-corrected chi connectivity index (χ2v) is 9.20. The van der Waals surface area contributed by atoms with Crippen LogP contribution in [0.15, 0.2) is 46.7 Å². The van der Waals surface area contributed by atoms with Crippen LogP contribution in [-0.4, -0.2) is 31.2 Å². The van der Waals surface area contributed by atoms with E-state index >= 15 is 0 Å². The Hall–Kier alpha value is -1.77. The highest BCUT2D eigenvalue weighted by molar-refractivity contribution is 7.89. The molecular weight excluding hydrogens is 375 g/mol. The number of carbonyl (C=O) groups is 1. The first-order valence-corrected chi connectivity index (χ1v) is 10.9.